The van der Waals surface area contributed by atoms with Crippen LogP contribution < -0.4 is 0 Å². The first kappa shape index (κ1) is 20.0. The largest absolute Gasteiger partial charge is 0.452 e. The predicted octanol–water partition coefficient (Wildman–Crippen LogP) is 3.62. The van der Waals surface area contributed by atoms with E-state index >= 15 is 0 Å². The summed E-state index contributed by atoms with van der Waals surface area (Å²) in [4.78, 5) is 28.0. The van der Waals surface area contributed by atoms with Crippen LogP contribution in [0.1, 0.15) is 56.6 Å². The van der Waals surface area contributed by atoms with Gasteiger partial charge in [-0.3, -0.25) is 9.59 Å². The number of carbonyl (C=O) groups is 2. The van der Waals surface area contributed by atoms with Gasteiger partial charge in [-0.05, 0) is 75.2 Å². The molecular formula is C25H33NO4. The SMILES string of the molecule is Cc1ccc(C23CC4CC(CC(C(=O)OC(C)C(=O)N5CCOCC5)(C4)C2)C3)cc1. The van der Waals surface area contributed by atoms with Gasteiger partial charge in [0.25, 0.3) is 5.91 Å². The molecule has 5 fully saturated rings. The Hall–Kier alpha value is -1.88. The first-order chi connectivity index (χ1) is 14.4. The van der Waals surface area contributed by atoms with E-state index in [-0.39, 0.29) is 17.3 Å². The number of hydrogen-bond donors (Lipinski definition) is 0. The minimum absolute atomic E-state index is 0.0915. The predicted molar refractivity (Wildman–Crippen MR) is 113 cm³/mol. The molecule has 4 saturated carbocycles. The molecule has 1 aromatic carbocycles. The van der Waals surface area contributed by atoms with Crippen LogP contribution in [0.15, 0.2) is 24.3 Å². The Morgan fingerprint density at radius 3 is 2.33 bits per heavy atom. The van der Waals surface area contributed by atoms with E-state index in [1.54, 1.807) is 11.8 Å². The van der Waals surface area contributed by atoms with Gasteiger partial charge in [0.05, 0.1) is 18.6 Å². The molecule has 1 heterocycles. The monoisotopic (exact) mass is 411 g/mol. The van der Waals surface area contributed by atoms with Crippen LogP contribution in [0.3, 0.4) is 0 Å². The molecule has 3 atom stereocenters. The Labute approximate surface area is 179 Å². The summed E-state index contributed by atoms with van der Waals surface area (Å²) in [6.07, 6.45) is 5.60. The van der Waals surface area contributed by atoms with Crippen LogP contribution in [0.2, 0.25) is 0 Å². The molecule has 6 rings (SSSR count). The molecule has 1 aliphatic heterocycles. The second-order valence-corrected chi connectivity index (χ2v) is 10.4. The van der Waals surface area contributed by atoms with Gasteiger partial charge in [-0.15, -0.1) is 0 Å². The molecule has 0 spiro atoms. The number of aryl methyl sites for hydroxylation is 1. The van der Waals surface area contributed by atoms with Crippen LogP contribution in [-0.4, -0.2) is 49.2 Å². The van der Waals surface area contributed by atoms with Crippen molar-refractivity contribution in [1.82, 2.24) is 4.90 Å². The lowest BCUT2D eigenvalue weighted by Gasteiger charge is -2.61. The third-order valence-electron chi connectivity index (χ3n) is 8.11. The standard InChI is InChI=1S/C25H33NO4/c1-17-3-5-21(6-4-17)24-12-19-11-20(13-24)15-25(14-19,16-24)23(28)30-18(2)22(27)26-7-9-29-10-8-26/h3-6,18-20H,7-16H2,1-2H3. The second kappa shape index (κ2) is 7.37. The first-order valence-electron chi connectivity index (χ1n) is 11.5. The number of hydrogen-bond acceptors (Lipinski definition) is 4. The third kappa shape index (κ3) is 3.35. The normalized spacial score (nSPS) is 35.9. The number of rotatable bonds is 4. The van der Waals surface area contributed by atoms with Crippen molar-refractivity contribution in [3.8, 4) is 0 Å². The summed E-state index contributed by atoms with van der Waals surface area (Å²) in [5.74, 6) is 0.947. The molecule has 3 unspecified atom stereocenters. The summed E-state index contributed by atoms with van der Waals surface area (Å²) in [6, 6.07) is 8.93. The Morgan fingerprint density at radius 2 is 1.70 bits per heavy atom. The van der Waals surface area contributed by atoms with Crippen molar-refractivity contribution < 1.29 is 19.1 Å². The molecule has 162 valence electrons. The number of esters is 1. The van der Waals surface area contributed by atoms with Gasteiger partial charge in [0.2, 0.25) is 0 Å². The lowest BCUT2D eigenvalue weighted by atomic mass is 9.43. The highest BCUT2D eigenvalue weighted by atomic mass is 16.5. The highest BCUT2D eigenvalue weighted by molar-refractivity contribution is 5.85. The van der Waals surface area contributed by atoms with E-state index in [1.165, 1.54) is 30.4 Å². The summed E-state index contributed by atoms with van der Waals surface area (Å²) in [5, 5.41) is 0. The molecule has 1 saturated heterocycles. The van der Waals surface area contributed by atoms with Crippen LogP contribution in [0, 0.1) is 24.2 Å². The van der Waals surface area contributed by atoms with Gasteiger partial charge in [-0.2, -0.15) is 0 Å². The summed E-state index contributed by atoms with van der Waals surface area (Å²) >= 11 is 0. The van der Waals surface area contributed by atoms with Gasteiger partial charge in [-0.25, -0.2) is 0 Å². The Morgan fingerprint density at radius 1 is 1.07 bits per heavy atom. The van der Waals surface area contributed by atoms with Gasteiger partial charge in [-0.1, -0.05) is 29.8 Å². The zero-order chi connectivity index (χ0) is 20.9. The maximum absolute atomic E-state index is 13.5. The zero-order valence-corrected chi connectivity index (χ0v) is 18.2. The van der Waals surface area contributed by atoms with Gasteiger partial charge >= 0.3 is 5.97 Å². The van der Waals surface area contributed by atoms with Gasteiger partial charge < -0.3 is 14.4 Å². The lowest BCUT2D eigenvalue weighted by molar-refractivity contribution is -0.183. The summed E-state index contributed by atoms with van der Waals surface area (Å²) < 4.78 is 11.2. The van der Waals surface area contributed by atoms with E-state index in [2.05, 4.69) is 31.2 Å². The van der Waals surface area contributed by atoms with Crippen molar-refractivity contribution in [2.24, 2.45) is 17.3 Å². The number of ether oxygens (including phenoxy) is 2. The lowest BCUT2D eigenvalue weighted by Crippen LogP contribution is -2.58. The van der Waals surface area contributed by atoms with Crippen molar-refractivity contribution in [2.45, 2.75) is 63.9 Å². The fourth-order valence-electron chi connectivity index (χ4n) is 7.12. The number of benzene rings is 1. The summed E-state index contributed by atoms with van der Waals surface area (Å²) in [6.45, 7) is 6.11. The number of amides is 1. The molecular weight excluding hydrogens is 378 g/mol. The summed E-state index contributed by atoms with van der Waals surface area (Å²) in [7, 11) is 0. The quantitative estimate of drug-likeness (QED) is 0.710. The van der Waals surface area contributed by atoms with Crippen molar-refractivity contribution in [3.63, 3.8) is 0 Å². The third-order valence-corrected chi connectivity index (χ3v) is 8.11. The first-order valence-corrected chi connectivity index (χ1v) is 11.5. The van der Waals surface area contributed by atoms with Gasteiger partial charge in [0.1, 0.15) is 0 Å². The molecule has 1 amide bonds. The molecule has 4 bridgehead atoms. The fraction of sp³-hybridized carbons (Fsp3) is 0.680. The minimum atomic E-state index is -0.723. The number of morpholine rings is 1. The van der Waals surface area contributed by atoms with Crippen LogP contribution in [0.25, 0.3) is 0 Å². The van der Waals surface area contributed by atoms with Crippen molar-refractivity contribution in [3.05, 3.63) is 35.4 Å². The average Bonchev–Trinajstić information content (AvgIpc) is 2.73. The fourth-order valence-corrected chi connectivity index (χ4v) is 7.12. The molecule has 1 aromatic rings. The molecule has 5 heteroatoms. The molecule has 30 heavy (non-hydrogen) atoms. The van der Waals surface area contributed by atoms with Crippen molar-refractivity contribution >= 4 is 11.9 Å². The van der Waals surface area contributed by atoms with Crippen LogP contribution in [0.5, 0.6) is 0 Å². The molecule has 0 radical (unpaired) electrons. The summed E-state index contributed by atoms with van der Waals surface area (Å²) in [5.41, 5.74) is 2.33. The minimum Gasteiger partial charge on any atom is -0.452 e. The van der Waals surface area contributed by atoms with Gasteiger partial charge in [0, 0.05) is 13.1 Å². The van der Waals surface area contributed by atoms with Gasteiger partial charge in [0.15, 0.2) is 6.10 Å². The molecule has 5 aliphatic rings. The Bertz CT molecular complexity index is 812. The van der Waals surface area contributed by atoms with E-state index in [0.717, 1.165) is 19.3 Å². The van der Waals surface area contributed by atoms with E-state index in [4.69, 9.17) is 9.47 Å². The molecule has 4 aliphatic carbocycles. The maximum Gasteiger partial charge on any atom is 0.312 e. The smallest absolute Gasteiger partial charge is 0.312 e. The zero-order valence-electron chi connectivity index (χ0n) is 18.2. The second-order valence-electron chi connectivity index (χ2n) is 10.4. The Kier molecular flexibility index (Phi) is 4.92. The van der Waals surface area contributed by atoms with Crippen molar-refractivity contribution in [2.75, 3.05) is 26.3 Å². The topological polar surface area (TPSA) is 55.8 Å². The van der Waals surface area contributed by atoms with Crippen LogP contribution in [-0.2, 0) is 24.5 Å². The highest BCUT2D eigenvalue weighted by Gasteiger charge is 2.61. The highest BCUT2D eigenvalue weighted by Crippen LogP contribution is 2.66. The van der Waals surface area contributed by atoms with E-state index < -0.39 is 11.5 Å². The number of nitrogens with zero attached hydrogens (tertiary/aromatic N) is 1. The maximum atomic E-state index is 13.5. The van der Waals surface area contributed by atoms with Crippen LogP contribution >= 0.6 is 0 Å². The van der Waals surface area contributed by atoms with Crippen molar-refractivity contribution in [1.29, 1.82) is 0 Å². The molecule has 5 nitrogen and oxygen atoms in total. The molecule has 0 aromatic heterocycles. The Balaban J connectivity index is 1.35. The molecule has 0 N–H and O–H groups in total. The average molecular weight is 412 g/mol. The van der Waals surface area contributed by atoms with E-state index in [0.29, 0.717) is 38.1 Å². The van der Waals surface area contributed by atoms with E-state index in [1.807, 2.05) is 0 Å². The van der Waals surface area contributed by atoms with Crippen LogP contribution in [0.4, 0.5) is 0 Å². The van der Waals surface area contributed by atoms with E-state index in [9.17, 15) is 9.59 Å². The number of carbonyl (C=O) groups excluding carboxylic acids is 2.